The predicted octanol–water partition coefficient (Wildman–Crippen LogP) is 2.99. The van der Waals surface area contributed by atoms with Crippen LogP contribution >= 0.6 is 0 Å². The molecule has 2 aromatic heterocycles. The number of rotatable bonds is 5. The number of hydrogen-bond acceptors (Lipinski definition) is 5. The van der Waals surface area contributed by atoms with Crippen LogP contribution in [-0.2, 0) is 0 Å². The molecule has 3 aromatic rings. The van der Waals surface area contributed by atoms with Crippen molar-refractivity contribution in [3.8, 4) is 5.75 Å². The molecule has 2 heterocycles. The maximum Gasteiger partial charge on any atom is 0.257 e. The van der Waals surface area contributed by atoms with Gasteiger partial charge < -0.3 is 15.4 Å². The van der Waals surface area contributed by atoms with Gasteiger partial charge in [-0.25, -0.2) is 4.98 Å². The highest BCUT2D eigenvalue weighted by Crippen LogP contribution is 2.14. The molecule has 0 saturated carbocycles. The molecule has 0 saturated heterocycles. The second-order valence-electron chi connectivity index (χ2n) is 5.31. The van der Waals surface area contributed by atoms with Crippen molar-refractivity contribution in [1.29, 1.82) is 0 Å². The molecule has 0 radical (unpaired) electrons. The van der Waals surface area contributed by atoms with Gasteiger partial charge in [-0.3, -0.25) is 14.6 Å². The van der Waals surface area contributed by atoms with Gasteiger partial charge in [0.25, 0.3) is 11.8 Å². The number of aromatic nitrogens is 2. The highest BCUT2D eigenvalue weighted by atomic mass is 16.5. The highest BCUT2D eigenvalue weighted by molar-refractivity contribution is 6.05. The average Bonchev–Trinajstić information content (AvgIpc) is 2.70. The fourth-order valence-corrected chi connectivity index (χ4v) is 2.17. The third kappa shape index (κ3) is 4.21. The zero-order chi connectivity index (χ0) is 18.4. The van der Waals surface area contributed by atoms with E-state index in [0.717, 1.165) is 0 Å². The molecule has 3 rings (SSSR count). The molecule has 0 spiro atoms. The van der Waals surface area contributed by atoms with Gasteiger partial charge in [0.15, 0.2) is 0 Å². The minimum absolute atomic E-state index is 0.282. The standard InChI is InChI=1S/C19H16N4O3/c1-26-16-7-4-13(5-8-16)18(24)23-17-9-6-15(12-21-17)22-19(25)14-3-2-10-20-11-14/h2-12H,1H3,(H,22,25)(H,21,23,24). The van der Waals surface area contributed by atoms with Gasteiger partial charge in [0, 0.05) is 18.0 Å². The lowest BCUT2D eigenvalue weighted by Crippen LogP contribution is -2.14. The van der Waals surface area contributed by atoms with Crippen LogP contribution in [0.3, 0.4) is 0 Å². The Labute approximate surface area is 150 Å². The summed E-state index contributed by atoms with van der Waals surface area (Å²) in [7, 11) is 1.56. The Kier molecular flexibility index (Phi) is 5.19. The number of carbonyl (C=O) groups is 2. The molecule has 0 fully saturated rings. The SMILES string of the molecule is COc1ccc(C(=O)Nc2ccc(NC(=O)c3cccnc3)cn2)cc1. The second kappa shape index (κ2) is 7.89. The van der Waals surface area contributed by atoms with Gasteiger partial charge in [0.2, 0.25) is 0 Å². The lowest BCUT2D eigenvalue weighted by atomic mass is 10.2. The van der Waals surface area contributed by atoms with Crippen LogP contribution < -0.4 is 15.4 Å². The second-order valence-corrected chi connectivity index (χ2v) is 5.31. The first-order valence-corrected chi connectivity index (χ1v) is 7.78. The van der Waals surface area contributed by atoms with Crippen molar-refractivity contribution in [2.24, 2.45) is 0 Å². The fraction of sp³-hybridized carbons (Fsp3) is 0.0526. The van der Waals surface area contributed by atoms with E-state index in [4.69, 9.17) is 4.74 Å². The van der Waals surface area contributed by atoms with Crippen molar-refractivity contribution in [3.63, 3.8) is 0 Å². The summed E-state index contributed by atoms with van der Waals surface area (Å²) < 4.78 is 5.06. The number of anilines is 2. The Bertz CT molecular complexity index is 894. The summed E-state index contributed by atoms with van der Waals surface area (Å²) in [5.74, 6) is 0.487. The molecule has 0 unspecified atom stereocenters. The maximum absolute atomic E-state index is 12.2. The Morgan fingerprint density at radius 1 is 0.885 bits per heavy atom. The van der Waals surface area contributed by atoms with Crippen molar-refractivity contribution in [3.05, 3.63) is 78.2 Å². The van der Waals surface area contributed by atoms with Crippen LogP contribution in [0, 0.1) is 0 Å². The minimum atomic E-state index is -0.285. The lowest BCUT2D eigenvalue weighted by molar-refractivity contribution is 0.101. The first-order valence-electron chi connectivity index (χ1n) is 7.78. The van der Waals surface area contributed by atoms with E-state index < -0.39 is 0 Å². The van der Waals surface area contributed by atoms with E-state index in [-0.39, 0.29) is 11.8 Å². The van der Waals surface area contributed by atoms with Crippen LogP contribution in [0.4, 0.5) is 11.5 Å². The normalized spacial score (nSPS) is 10.0. The number of benzene rings is 1. The zero-order valence-corrected chi connectivity index (χ0v) is 14.0. The molecule has 0 aliphatic carbocycles. The highest BCUT2D eigenvalue weighted by Gasteiger charge is 2.09. The monoisotopic (exact) mass is 348 g/mol. The number of methoxy groups -OCH3 is 1. The van der Waals surface area contributed by atoms with Gasteiger partial charge in [-0.15, -0.1) is 0 Å². The third-order valence-electron chi connectivity index (χ3n) is 3.54. The number of nitrogens with zero attached hydrogens (tertiary/aromatic N) is 2. The summed E-state index contributed by atoms with van der Waals surface area (Å²) >= 11 is 0. The van der Waals surface area contributed by atoms with Crippen molar-refractivity contribution in [2.75, 3.05) is 17.7 Å². The Morgan fingerprint density at radius 3 is 2.27 bits per heavy atom. The van der Waals surface area contributed by atoms with E-state index in [1.54, 1.807) is 61.8 Å². The zero-order valence-electron chi connectivity index (χ0n) is 14.0. The molecule has 2 amide bonds. The smallest absolute Gasteiger partial charge is 0.257 e. The van der Waals surface area contributed by atoms with Crippen molar-refractivity contribution < 1.29 is 14.3 Å². The van der Waals surface area contributed by atoms with E-state index in [2.05, 4.69) is 20.6 Å². The number of hydrogen-bond donors (Lipinski definition) is 2. The average molecular weight is 348 g/mol. The largest absolute Gasteiger partial charge is 0.497 e. The minimum Gasteiger partial charge on any atom is -0.497 e. The van der Waals surface area contributed by atoms with Crippen LogP contribution in [0.2, 0.25) is 0 Å². The van der Waals surface area contributed by atoms with Crippen LogP contribution in [0.1, 0.15) is 20.7 Å². The van der Waals surface area contributed by atoms with Gasteiger partial charge in [0.1, 0.15) is 11.6 Å². The molecule has 0 bridgehead atoms. The third-order valence-corrected chi connectivity index (χ3v) is 3.54. The summed E-state index contributed by atoms with van der Waals surface area (Å²) in [6.45, 7) is 0. The molecule has 0 atom stereocenters. The molecular weight excluding hydrogens is 332 g/mol. The number of pyridine rings is 2. The van der Waals surface area contributed by atoms with Crippen molar-refractivity contribution >= 4 is 23.3 Å². The van der Waals surface area contributed by atoms with Crippen molar-refractivity contribution in [1.82, 2.24) is 9.97 Å². The first-order chi connectivity index (χ1) is 12.7. The molecule has 2 N–H and O–H groups in total. The van der Waals surface area contributed by atoms with Crippen LogP contribution in [0.25, 0.3) is 0 Å². The predicted molar refractivity (Wildman–Crippen MR) is 97.4 cm³/mol. The first kappa shape index (κ1) is 17.1. The van der Waals surface area contributed by atoms with Crippen LogP contribution in [0.5, 0.6) is 5.75 Å². The lowest BCUT2D eigenvalue weighted by Gasteiger charge is -2.07. The van der Waals surface area contributed by atoms with Gasteiger partial charge in [0.05, 0.1) is 24.6 Å². The summed E-state index contributed by atoms with van der Waals surface area (Å²) in [4.78, 5) is 32.3. The Morgan fingerprint density at radius 2 is 1.65 bits per heavy atom. The topological polar surface area (TPSA) is 93.2 Å². The number of amides is 2. The van der Waals surface area contributed by atoms with E-state index in [1.165, 1.54) is 12.4 Å². The van der Waals surface area contributed by atoms with E-state index in [1.807, 2.05) is 0 Å². The summed E-state index contributed by atoms with van der Waals surface area (Å²) in [6, 6.07) is 13.4. The van der Waals surface area contributed by atoms with E-state index in [9.17, 15) is 9.59 Å². The number of ether oxygens (including phenoxy) is 1. The van der Waals surface area contributed by atoms with E-state index >= 15 is 0 Å². The summed E-state index contributed by atoms with van der Waals surface area (Å²) in [5, 5.41) is 5.41. The maximum atomic E-state index is 12.2. The summed E-state index contributed by atoms with van der Waals surface area (Å²) in [5.41, 5.74) is 1.45. The number of nitrogens with one attached hydrogen (secondary N) is 2. The molecule has 0 aliphatic rings. The van der Waals surface area contributed by atoms with Crippen molar-refractivity contribution in [2.45, 2.75) is 0 Å². The number of carbonyl (C=O) groups excluding carboxylic acids is 2. The molecule has 7 heteroatoms. The fourth-order valence-electron chi connectivity index (χ4n) is 2.17. The molecule has 0 aliphatic heterocycles. The molecule has 26 heavy (non-hydrogen) atoms. The van der Waals surface area contributed by atoms with Gasteiger partial charge in [-0.05, 0) is 48.5 Å². The Hall–Kier alpha value is -3.74. The molecule has 1 aromatic carbocycles. The van der Waals surface area contributed by atoms with Gasteiger partial charge in [-0.2, -0.15) is 0 Å². The summed E-state index contributed by atoms with van der Waals surface area (Å²) in [6.07, 6.45) is 4.54. The quantitative estimate of drug-likeness (QED) is 0.739. The van der Waals surface area contributed by atoms with Crippen LogP contribution in [-0.4, -0.2) is 28.9 Å². The molecule has 7 nitrogen and oxygen atoms in total. The van der Waals surface area contributed by atoms with E-state index in [0.29, 0.717) is 28.4 Å². The molecular formula is C19H16N4O3. The Balaban J connectivity index is 1.62. The van der Waals surface area contributed by atoms with Gasteiger partial charge >= 0.3 is 0 Å². The van der Waals surface area contributed by atoms with Crippen LogP contribution in [0.15, 0.2) is 67.1 Å². The molecule has 130 valence electrons. The van der Waals surface area contributed by atoms with Gasteiger partial charge in [-0.1, -0.05) is 0 Å².